The first kappa shape index (κ1) is 25.3. The molecule has 0 bridgehead atoms. The summed E-state index contributed by atoms with van der Waals surface area (Å²) >= 11 is 11.8. The second kappa shape index (κ2) is 12.2. The Kier molecular flexibility index (Phi) is 9.61. The molecule has 0 spiro atoms. The van der Waals surface area contributed by atoms with Gasteiger partial charge >= 0.3 is 5.97 Å². The molecule has 1 unspecified atom stereocenters. The largest absolute Gasteiger partial charge is 0.490 e. The zero-order valence-electron chi connectivity index (χ0n) is 17.9. The van der Waals surface area contributed by atoms with Gasteiger partial charge in [-0.3, -0.25) is 14.4 Å². The molecule has 0 aromatic heterocycles. The molecule has 8 nitrogen and oxygen atoms in total. The first-order valence-corrected chi connectivity index (χ1v) is 10.6. The number of anilines is 1. The molecule has 0 radical (unpaired) electrons. The van der Waals surface area contributed by atoms with E-state index in [4.69, 9.17) is 37.4 Å². The number of benzene rings is 2. The van der Waals surface area contributed by atoms with Crippen LogP contribution in [0.5, 0.6) is 11.5 Å². The van der Waals surface area contributed by atoms with Crippen LogP contribution in [-0.4, -0.2) is 43.6 Å². The van der Waals surface area contributed by atoms with E-state index in [0.717, 1.165) is 0 Å². The fraction of sp³-hybridized carbons (Fsp3) is 0.318. The van der Waals surface area contributed by atoms with Crippen LogP contribution in [0.3, 0.4) is 0 Å². The smallest absolute Gasteiger partial charge is 0.326 e. The molecule has 0 aliphatic carbocycles. The summed E-state index contributed by atoms with van der Waals surface area (Å²) in [5.41, 5.74) is 0.616. The lowest BCUT2D eigenvalue weighted by molar-refractivity contribution is -0.152. The van der Waals surface area contributed by atoms with Crippen molar-refractivity contribution in [2.75, 3.05) is 25.1 Å². The molecule has 172 valence electrons. The maximum absolute atomic E-state index is 12.4. The molecule has 2 N–H and O–H groups in total. The Bertz CT molecular complexity index is 983. The molecule has 1 atom stereocenters. The minimum absolute atomic E-state index is 0.249. The van der Waals surface area contributed by atoms with Crippen molar-refractivity contribution in [3.63, 3.8) is 0 Å². The SMILES string of the molecule is CCOc1ccc(C(=O)NCC(=O)OC(C)C(=O)Nc2ccc(Cl)cc2Cl)cc1OCC. The molecule has 0 fully saturated rings. The van der Waals surface area contributed by atoms with Crippen LogP contribution in [0, 0.1) is 0 Å². The van der Waals surface area contributed by atoms with Gasteiger partial charge in [-0.05, 0) is 57.2 Å². The molecule has 0 aliphatic rings. The molecule has 2 aromatic carbocycles. The molecule has 0 aliphatic heterocycles. The van der Waals surface area contributed by atoms with Gasteiger partial charge in [-0.1, -0.05) is 23.2 Å². The molecular formula is C22H24Cl2N2O6. The number of hydrogen-bond donors (Lipinski definition) is 2. The third kappa shape index (κ3) is 7.32. The summed E-state index contributed by atoms with van der Waals surface area (Å²) in [6.07, 6.45) is -1.11. The van der Waals surface area contributed by atoms with Crippen LogP contribution in [-0.2, 0) is 14.3 Å². The van der Waals surface area contributed by atoms with Gasteiger partial charge in [0, 0.05) is 10.6 Å². The minimum atomic E-state index is -1.11. The van der Waals surface area contributed by atoms with Crippen molar-refractivity contribution in [3.8, 4) is 11.5 Å². The number of esters is 1. The van der Waals surface area contributed by atoms with Gasteiger partial charge in [0.05, 0.1) is 23.9 Å². The Balaban J connectivity index is 1.89. The molecule has 0 heterocycles. The van der Waals surface area contributed by atoms with Crippen LogP contribution in [0.15, 0.2) is 36.4 Å². The lowest BCUT2D eigenvalue weighted by atomic mass is 10.2. The molecular weight excluding hydrogens is 459 g/mol. The van der Waals surface area contributed by atoms with E-state index in [1.807, 2.05) is 13.8 Å². The number of carbonyl (C=O) groups excluding carboxylic acids is 3. The van der Waals surface area contributed by atoms with Gasteiger partial charge in [-0.25, -0.2) is 0 Å². The van der Waals surface area contributed by atoms with Gasteiger partial charge in [0.2, 0.25) is 0 Å². The van der Waals surface area contributed by atoms with E-state index in [9.17, 15) is 14.4 Å². The second-order valence-electron chi connectivity index (χ2n) is 6.46. The van der Waals surface area contributed by atoms with E-state index in [2.05, 4.69) is 10.6 Å². The maximum atomic E-state index is 12.4. The van der Waals surface area contributed by atoms with Crippen LogP contribution < -0.4 is 20.1 Å². The summed E-state index contributed by atoms with van der Waals surface area (Å²) in [5.74, 6) is -0.918. The van der Waals surface area contributed by atoms with Gasteiger partial charge in [0.15, 0.2) is 17.6 Å². The molecule has 0 saturated heterocycles. The minimum Gasteiger partial charge on any atom is -0.490 e. The van der Waals surface area contributed by atoms with Crippen LogP contribution >= 0.6 is 23.2 Å². The zero-order chi connectivity index (χ0) is 23.7. The summed E-state index contributed by atoms with van der Waals surface area (Å²) in [6.45, 7) is 5.49. The Morgan fingerprint density at radius 1 is 0.969 bits per heavy atom. The molecule has 10 heteroatoms. The van der Waals surface area contributed by atoms with Crippen LogP contribution in [0.1, 0.15) is 31.1 Å². The van der Waals surface area contributed by atoms with Crippen molar-refractivity contribution in [2.45, 2.75) is 26.9 Å². The van der Waals surface area contributed by atoms with Crippen LogP contribution in [0.4, 0.5) is 5.69 Å². The number of halogens is 2. The highest BCUT2D eigenvalue weighted by Gasteiger charge is 2.20. The lowest BCUT2D eigenvalue weighted by Gasteiger charge is -2.15. The van der Waals surface area contributed by atoms with Crippen molar-refractivity contribution in [2.24, 2.45) is 0 Å². The highest BCUT2D eigenvalue weighted by atomic mass is 35.5. The quantitative estimate of drug-likeness (QED) is 0.494. The number of nitrogens with one attached hydrogen (secondary N) is 2. The number of amides is 2. The molecule has 0 saturated carbocycles. The standard InChI is InChI=1S/C22H24Cl2N2O6/c1-4-30-18-9-6-14(10-19(18)31-5-2)22(29)25-12-20(27)32-13(3)21(28)26-17-8-7-15(23)11-16(17)24/h6-11,13H,4-5,12H2,1-3H3,(H,25,29)(H,26,28). The molecule has 2 rings (SSSR count). The maximum Gasteiger partial charge on any atom is 0.326 e. The number of ether oxygens (including phenoxy) is 3. The highest BCUT2D eigenvalue weighted by Crippen LogP contribution is 2.28. The van der Waals surface area contributed by atoms with Crippen molar-refractivity contribution in [3.05, 3.63) is 52.0 Å². The first-order valence-electron chi connectivity index (χ1n) is 9.88. The predicted molar refractivity (Wildman–Crippen MR) is 122 cm³/mol. The normalized spacial score (nSPS) is 11.3. The van der Waals surface area contributed by atoms with Gasteiger partial charge in [-0.15, -0.1) is 0 Å². The van der Waals surface area contributed by atoms with Crippen LogP contribution in [0.25, 0.3) is 0 Å². The first-order chi connectivity index (χ1) is 15.2. The van der Waals surface area contributed by atoms with Crippen molar-refractivity contribution < 1.29 is 28.6 Å². The van der Waals surface area contributed by atoms with Crippen molar-refractivity contribution >= 4 is 46.7 Å². The summed E-state index contributed by atoms with van der Waals surface area (Å²) in [4.78, 5) is 36.7. The van der Waals surface area contributed by atoms with Crippen molar-refractivity contribution in [1.82, 2.24) is 5.32 Å². The van der Waals surface area contributed by atoms with Gasteiger partial charge < -0.3 is 24.8 Å². The number of rotatable bonds is 10. The van der Waals surface area contributed by atoms with Crippen LogP contribution in [0.2, 0.25) is 10.0 Å². The van der Waals surface area contributed by atoms with E-state index in [0.29, 0.717) is 35.4 Å². The summed E-state index contributed by atoms with van der Waals surface area (Å²) in [6, 6.07) is 9.28. The Morgan fingerprint density at radius 2 is 1.66 bits per heavy atom. The van der Waals surface area contributed by atoms with Gasteiger partial charge in [-0.2, -0.15) is 0 Å². The summed E-state index contributed by atoms with van der Waals surface area (Å²) in [7, 11) is 0. The number of carbonyl (C=O) groups is 3. The van der Waals surface area contributed by atoms with Gasteiger partial charge in [0.1, 0.15) is 6.54 Å². The fourth-order valence-electron chi connectivity index (χ4n) is 2.56. The molecule has 32 heavy (non-hydrogen) atoms. The third-order valence-electron chi connectivity index (χ3n) is 4.07. The lowest BCUT2D eigenvalue weighted by Crippen LogP contribution is -2.35. The predicted octanol–water partition coefficient (Wildman–Crippen LogP) is 4.09. The average Bonchev–Trinajstić information content (AvgIpc) is 2.75. The van der Waals surface area contributed by atoms with E-state index in [1.165, 1.54) is 25.1 Å². The van der Waals surface area contributed by atoms with E-state index >= 15 is 0 Å². The topological polar surface area (TPSA) is 103 Å². The number of hydrogen-bond acceptors (Lipinski definition) is 6. The monoisotopic (exact) mass is 482 g/mol. The van der Waals surface area contributed by atoms with Crippen molar-refractivity contribution in [1.29, 1.82) is 0 Å². The summed E-state index contributed by atoms with van der Waals surface area (Å²) < 4.78 is 16.0. The highest BCUT2D eigenvalue weighted by molar-refractivity contribution is 6.36. The molecule has 2 aromatic rings. The Hall–Kier alpha value is -2.97. The zero-order valence-corrected chi connectivity index (χ0v) is 19.4. The average molecular weight is 483 g/mol. The Morgan fingerprint density at radius 3 is 2.31 bits per heavy atom. The van der Waals surface area contributed by atoms with E-state index in [-0.39, 0.29) is 10.6 Å². The van der Waals surface area contributed by atoms with E-state index < -0.39 is 30.4 Å². The summed E-state index contributed by atoms with van der Waals surface area (Å²) in [5, 5.41) is 5.67. The second-order valence-corrected chi connectivity index (χ2v) is 7.30. The van der Waals surface area contributed by atoms with Gasteiger partial charge in [0.25, 0.3) is 11.8 Å². The Labute approximate surface area is 196 Å². The fourth-order valence-corrected chi connectivity index (χ4v) is 3.02. The molecule has 2 amide bonds. The third-order valence-corrected chi connectivity index (χ3v) is 4.61. The van der Waals surface area contributed by atoms with E-state index in [1.54, 1.807) is 18.2 Å².